The van der Waals surface area contributed by atoms with Crippen molar-refractivity contribution in [3.05, 3.63) is 28.2 Å². The lowest BCUT2D eigenvalue weighted by molar-refractivity contribution is -0.138. The quantitative estimate of drug-likeness (QED) is 0.711. The van der Waals surface area contributed by atoms with Crippen LogP contribution in [0.3, 0.4) is 0 Å². The molecule has 0 N–H and O–H groups in total. The third kappa shape index (κ3) is 4.71. The van der Waals surface area contributed by atoms with Crippen LogP contribution in [0, 0.1) is 0 Å². The normalized spacial score (nSPS) is 22.4. The molecule has 7 heteroatoms. The van der Waals surface area contributed by atoms with E-state index in [9.17, 15) is 18.0 Å². The highest BCUT2D eigenvalue weighted by atomic mass is 79.9. The highest BCUT2D eigenvalue weighted by Gasteiger charge is 2.33. The maximum absolute atomic E-state index is 12.8. The zero-order valence-corrected chi connectivity index (χ0v) is 13.3. The van der Waals surface area contributed by atoms with Gasteiger partial charge in [-0.1, -0.05) is 15.9 Å². The second-order valence-corrected chi connectivity index (χ2v) is 6.01. The van der Waals surface area contributed by atoms with Gasteiger partial charge in [0.2, 0.25) is 0 Å². The molecule has 1 saturated carbocycles. The van der Waals surface area contributed by atoms with Gasteiger partial charge in [-0.2, -0.15) is 13.2 Å². The molecule has 0 bridgehead atoms. The molecule has 0 aromatic heterocycles. The van der Waals surface area contributed by atoms with Gasteiger partial charge < -0.3 is 14.3 Å². The molecule has 3 nitrogen and oxygen atoms in total. The van der Waals surface area contributed by atoms with Crippen molar-refractivity contribution < 1.29 is 27.4 Å². The van der Waals surface area contributed by atoms with Gasteiger partial charge in [0.15, 0.2) is 0 Å². The number of ether oxygens (including phenoxy) is 2. The van der Waals surface area contributed by atoms with E-state index in [0.29, 0.717) is 19.1 Å². The second kappa shape index (κ2) is 7.46. The minimum Gasteiger partial charge on any atom is -0.490 e. The van der Waals surface area contributed by atoms with Crippen molar-refractivity contribution in [2.45, 2.75) is 44.1 Å². The largest absolute Gasteiger partial charge is 0.490 e. The molecule has 1 fully saturated rings. The van der Waals surface area contributed by atoms with Crippen LogP contribution < -0.4 is 4.74 Å². The van der Waals surface area contributed by atoms with E-state index in [4.69, 9.17) is 9.47 Å². The van der Waals surface area contributed by atoms with Crippen molar-refractivity contribution in [1.82, 2.24) is 0 Å². The third-order valence-electron chi connectivity index (χ3n) is 3.57. The first-order valence-electron chi connectivity index (χ1n) is 6.99. The van der Waals surface area contributed by atoms with Crippen molar-refractivity contribution in [2.75, 3.05) is 6.61 Å². The molecule has 0 unspecified atom stereocenters. The molecule has 0 spiro atoms. The van der Waals surface area contributed by atoms with Gasteiger partial charge in [-0.3, -0.25) is 0 Å². The summed E-state index contributed by atoms with van der Waals surface area (Å²) in [6.45, 7) is 0.0812. The number of rotatable bonds is 5. The van der Waals surface area contributed by atoms with Gasteiger partial charge in [0.05, 0.1) is 17.8 Å². The summed E-state index contributed by atoms with van der Waals surface area (Å²) in [6, 6.07) is 3.88. The Balaban J connectivity index is 1.94. The van der Waals surface area contributed by atoms with Gasteiger partial charge >= 0.3 is 6.18 Å². The topological polar surface area (TPSA) is 35.5 Å². The van der Waals surface area contributed by atoms with E-state index >= 15 is 0 Å². The molecular formula is C15H16BrF3O3. The molecule has 0 saturated heterocycles. The van der Waals surface area contributed by atoms with Gasteiger partial charge in [-0.15, -0.1) is 0 Å². The van der Waals surface area contributed by atoms with E-state index in [1.165, 1.54) is 12.1 Å². The summed E-state index contributed by atoms with van der Waals surface area (Å²) in [5.41, 5.74) is -0.743. The van der Waals surface area contributed by atoms with E-state index in [1.54, 1.807) is 0 Å². The Hall–Kier alpha value is -1.08. The Morgan fingerprint density at radius 3 is 2.41 bits per heavy atom. The van der Waals surface area contributed by atoms with E-state index in [-0.39, 0.29) is 29.0 Å². The van der Waals surface area contributed by atoms with Crippen LogP contribution in [-0.2, 0) is 15.7 Å². The fourth-order valence-corrected chi connectivity index (χ4v) is 2.95. The van der Waals surface area contributed by atoms with E-state index in [0.717, 1.165) is 18.9 Å². The minimum atomic E-state index is -4.42. The lowest BCUT2D eigenvalue weighted by atomic mass is 9.95. The van der Waals surface area contributed by atoms with Gasteiger partial charge in [0, 0.05) is 4.47 Å². The van der Waals surface area contributed by atoms with Gasteiger partial charge in [-0.05, 0) is 43.9 Å². The monoisotopic (exact) mass is 380 g/mol. The highest BCUT2D eigenvalue weighted by molar-refractivity contribution is 9.10. The third-order valence-corrected chi connectivity index (χ3v) is 4.26. The van der Waals surface area contributed by atoms with E-state index < -0.39 is 11.7 Å². The van der Waals surface area contributed by atoms with Crippen LogP contribution in [-0.4, -0.2) is 25.1 Å². The summed E-state index contributed by atoms with van der Waals surface area (Å²) in [5, 5.41) is 0. The first-order chi connectivity index (χ1) is 10.4. The molecule has 22 heavy (non-hydrogen) atoms. The molecule has 1 aromatic rings. The van der Waals surface area contributed by atoms with Crippen molar-refractivity contribution in [3.8, 4) is 5.75 Å². The zero-order valence-electron chi connectivity index (χ0n) is 11.7. The average molecular weight is 381 g/mol. The van der Waals surface area contributed by atoms with Crippen LogP contribution >= 0.6 is 15.9 Å². The fourth-order valence-electron chi connectivity index (χ4n) is 2.48. The first kappa shape index (κ1) is 17.3. The van der Waals surface area contributed by atoms with Crippen LogP contribution in [0.5, 0.6) is 5.75 Å². The number of hydrogen-bond acceptors (Lipinski definition) is 3. The number of benzene rings is 1. The Labute approximate surface area is 134 Å². The maximum Gasteiger partial charge on any atom is 0.417 e. The van der Waals surface area contributed by atoms with Crippen LogP contribution in [0.2, 0.25) is 0 Å². The van der Waals surface area contributed by atoms with Crippen LogP contribution in [0.25, 0.3) is 0 Å². The number of aldehydes is 1. The Bertz CT molecular complexity index is 511. The molecule has 122 valence electrons. The van der Waals surface area contributed by atoms with E-state index in [2.05, 4.69) is 15.9 Å². The van der Waals surface area contributed by atoms with Gasteiger partial charge in [0.1, 0.15) is 18.6 Å². The number of halogens is 4. The standard InChI is InChI=1S/C15H16BrF3O3/c16-14-6-5-12(9-13(14)15(17,18)19)22-11-3-1-10(2-4-11)21-8-7-20/h5-7,9-11H,1-4,8H2. The molecule has 0 atom stereocenters. The average Bonchev–Trinajstić information content (AvgIpc) is 2.47. The summed E-state index contributed by atoms with van der Waals surface area (Å²) in [4.78, 5) is 10.2. The van der Waals surface area contributed by atoms with Crippen molar-refractivity contribution in [2.24, 2.45) is 0 Å². The van der Waals surface area contributed by atoms with Crippen molar-refractivity contribution in [3.63, 3.8) is 0 Å². The number of carbonyl (C=O) groups is 1. The van der Waals surface area contributed by atoms with Crippen molar-refractivity contribution in [1.29, 1.82) is 0 Å². The Morgan fingerprint density at radius 1 is 1.18 bits per heavy atom. The molecular weight excluding hydrogens is 365 g/mol. The first-order valence-corrected chi connectivity index (χ1v) is 7.78. The summed E-state index contributed by atoms with van der Waals surface area (Å²) in [7, 11) is 0. The van der Waals surface area contributed by atoms with Crippen LogP contribution in [0.4, 0.5) is 13.2 Å². The molecule has 2 rings (SSSR count). The molecule has 1 aliphatic rings. The maximum atomic E-state index is 12.8. The summed E-state index contributed by atoms with van der Waals surface area (Å²) in [6.07, 6.45) is -0.940. The smallest absolute Gasteiger partial charge is 0.417 e. The molecule has 0 radical (unpaired) electrons. The molecule has 0 aliphatic heterocycles. The minimum absolute atomic E-state index is 0.00155. The van der Waals surface area contributed by atoms with Crippen molar-refractivity contribution >= 4 is 22.2 Å². The van der Waals surface area contributed by atoms with Gasteiger partial charge in [-0.25, -0.2) is 0 Å². The molecule has 0 amide bonds. The SMILES string of the molecule is O=CCOC1CCC(Oc2ccc(Br)c(C(F)(F)F)c2)CC1. The lowest BCUT2D eigenvalue weighted by Crippen LogP contribution is -2.28. The molecule has 1 aromatic carbocycles. The molecule has 1 aliphatic carbocycles. The summed E-state index contributed by atoms with van der Waals surface area (Å²) in [5.74, 6) is 0.216. The predicted octanol–water partition coefficient (Wildman–Crippen LogP) is 4.37. The highest BCUT2D eigenvalue weighted by Crippen LogP contribution is 2.37. The Kier molecular flexibility index (Phi) is 5.86. The fraction of sp³-hybridized carbons (Fsp3) is 0.533. The predicted molar refractivity (Wildman–Crippen MR) is 77.8 cm³/mol. The molecule has 0 heterocycles. The van der Waals surface area contributed by atoms with E-state index in [1.807, 2.05) is 0 Å². The Morgan fingerprint density at radius 2 is 1.82 bits per heavy atom. The van der Waals surface area contributed by atoms with Crippen LogP contribution in [0.1, 0.15) is 31.2 Å². The second-order valence-electron chi connectivity index (χ2n) is 5.16. The summed E-state index contributed by atoms with van der Waals surface area (Å²) >= 11 is 2.90. The number of alkyl halides is 3. The number of carbonyl (C=O) groups excluding carboxylic acids is 1. The lowest BCUT2D eigenvalue weighted by Gasteiger charge is -2.28. The van der Waals surface area contributed by atoms with Gasteiger partial charge in [0.25, 0.3) is 0 Å². The zero-order chi connectivity index (χ0) is 16.2. The van der Waals surface area contributed by atoms with Crippen LogP contribution in [0.15, 0.2) is 22.7 Å². The number of hydrogen-bond donors (Lipinski definition) is 0. The summed E-state index contributed by atoms with van der Waals surface area (Å²) < 4.78 is 49.5.